The number of rotatable bonds is 11. The molecule has 0 aliphatic carbocycles. The van der Waals surface area contributed by atoms with Gasteiger partial charge in [-0.1, -0.05) is 29.8 Å². The van der Waals surface area contributed by atoms with E-state index in [-0.39, 0.29) is 42.6 Å². The van der Waals surface area contributed by atoms with Crippen molar-refractivity contribution in [1.29, 1.82) is 0 Å². The molecule has 2 rings (SSSR count). The summed E-state index contributed by atoms with van der Waals surface area (Å²) in [4.78, 5) is 30.5. The van der Waals surface area contributed by atoms with Crippen LogP contribution < -0.4 is 16.0 Å². The number of halogens is 4. The molecule has 1 unspecified atom stereocenters. The van der Waals surface area contributed by atoms with Crippen LogP contribution in [0.1, 0.15) is 20.8 Å². The second kappa shape index (κ2) is 12.3. The van der Waals surface area contributed by atoms with E-state index in [2.05, 4.69) is 16.3 Å². The Morgan fingerprint density at radius 2 is 1.86 bits per heavy atom. The van der Waals surface area contributed by atoms with Crippen molar-refractivity contribution >= 4 is 22.8 Å². The topological polar surface area (TPSA) is 110 Å². The Labute approximate surface area is 215 Å². The average Bonchev–Trinajstić information content (AvgIpc) is 3.10. The third-order valence-electron chi connectivity index (χ3n) is 4.82. The minimum Gasteiger partial charge on any atom is -0.430 e. The average molecular weight is 549 g/mol. The number of methoxy groups -OCH3 is 1. The van der Waals surface area contributed by atoms with E-state index in [4.69, 9.17) is 21.1 Å². The van der Waals surface area contributed by atoms with Crippen LogP contribution in [0.5, 0.6) is 6.01 Å². The molecule has 0 spiro atoms. The van der Waals surface area contributed by atoms with Gasteiger partial charge in [0.15, 0.2) is 11.2 Å². The summed E-state index contributed by atoms with van der Waals surface area (Å²) in [6, 6.07) is -0.176. The van der Waals surface area contributed by atoms with Crippen LogP contribution in [0.4, 0.5) is 13.2 Å². The molecule has 10 nitrogen and oxygen atoms in total. The molecular weight excluding hydrogens is 521 g/mol. The van der Waals surface area contributed by atoms with E-state index in [0.29, 0.717) is 10.6 Å². The first kappa shape index (κ1) is 29.9. The SMILES string of the molecule is C=C(/C=C(\C)Oc1nc2c(c(=O)n(CC(O)COC)c(=O)n2C)n1C/C(C)=C/C=C(\C)Cl)OC(F)(F)F. The van der Waals surface area contributed by atoms with Crippen molar-refractivity contribution in [3.63, 3.8) is 0 Å². The van der Waals surface area contributed by atoms with E-state index in [1.807, 2.05) is 0 Å². The van der Waals surface area contributed by atoms with Gasteiger partial charge in [0.1, 0.15) is 11.5 Å². The fourth-order valence-corrected chi connectivity index (χ4v) is 3.39. The molecule has 0 fully saturated rings. The van der Waals surface area contributed by atoms with E-state index in [1.165, 1.54) is 25.6 Å². The highest BCUT2D eigenvalue weighted by Gasteiger charge is 2.31. The normalized spacial score (nSPS) is 14.3. The van der Waals surface area contributed by atoms with Gasteiger partial charge in [-0.05, 0) is 26.8 Å². The zero-order valence-electron chi connectivity index (χ0n) is 20.9. The van der Waals surface area contributed by atoms with Crippen LogP contribution >= 0.6 is 11.6 Å². The first-order chi connectivity index (χ1) is 17.1. The lowest BCUT2D eigenvalue weighted by Crippen LogP contribution is -2.43. The monoisotopic (exact) mass is 548 g/mol. The van der Waals surface area contributed by atoms with Gasteiger partial charge in [-0.3, -0.25) is 18.5 Å². The number of alkyl halides is 3. The fourth-order valence-electron chi connectivity index (χ4n) is 3.33. The molecule has 0 saturated carbocycles. The molecule has 1 atom stereocenters. The highest BCUT2D eigenvalue weighted by atomic mass is 35.5. The van der Waals surface area contributed by atoms with Crippen molar-refractivity contribution in [3.8, 4) is 6.01 Å². The number of aliphatic hydroxyl groups is 1. The van der Waals surface area contributed by atoms with E-state index < -0.39 is 29.5 Å². The Bertz CT molecular complexity index is 1360. The summed E-state index contributed by atoms with van der Waals surface area (Å²) in [7, 11) is 2.75. The maximum Gasteiger partial charge on any atom is 0.573 e. The summed E-state index contributed by atoms with van der Waals surface area (Å²) in [5, 5.41) is 10.6. The van der Waals surface area contributed by atoms with Crippen molar-refractivity contribution in [1.82, 2.24) is 18.7 Å². The zero-order valence-corrected chi connectivity index (χ0v) is 21.7. The molecule has 2 heterocycles. The molecular formula is C23H28ClF3N4O6. The van der Waals surface area contributed by atoms with Crippen LogP contribution in [0.25, 0.3) is 11.2 Å². The van der Waals surface area contributed by atoms with Gasteiger partial charge in [-0.2, -0.15) is 4.98 Å². The summed E-state index contributed by atoms with van der Waals surface area (Å²) in [5.41, 5.74) is -0.846. The molecule has 2 aromatic heterocycles. The molecule has 0 aromatic carbocycles. The van der Waals surface area contributed by atoms with Gasteiger partial charge < -0.3 is 19.3 Å². The highest BCUT2D eigenvalue weighted by Crippen LogP contribution is 2.24. The number of nitrogens with zero attached hydrogens (tertiary/aromatic N) is 4. The number of hydrogen-bond donors (Lipinski definition) is 1. The molecule has 1 N–H and O–H groups in total. The molecule has 0 radical (unpaired) electrons. The summed E-state index contributed by atoms with van der Waals surface area (Å²) in [6.07, 6.45) is -1.84. The van der Waals surface area contributed by atoms with Crippen molar-refractivity contribution in [2.24, 2.45) is 7.05 Å². The van der Waals surface area contributed by atoms with Crippen molar-refractivity contribution in [3.05, 3.63) is 67.8 Å². The third kappa shape index (κ3) is 8.10. The summed E-state index contributed by atoms with van der Waals surface area (Å²) >= 11 is 5.89. The predicted octanol–water partition coefficient (Wildman–Crippen LogP) is 3.33. The largest absolute Gasteiger partial charge is 0.573 e. The molecule has 0 bridgehead atoms. The van der Waals surface area contributed by atoms with Gasteiger partial charge in [-0.15, -0.1) is 13.2 Å². The van der Waals surface area contributed by atoms with Gasteiger partial charge in [0.05, 0.1) is 19.3 Å². The zero-order chi connectivity index (χ0) is 28.1. The standard InChI is InChI=1S/C23H28ClF3N4O6/c1-13(7-8-14(2)24)10-30-18-19(28-21(30)36-15(3)9-16(4)37-23(25,26)27)29(5)22(34)31(20(18)33)11-17(32)12-35-6/h7-9,17,32H,4,10-12H2,1-3,5-6H3/b13-7+,14-8+,15-9+. The molecule has 37 heavy (non-hydrogen) atoms. The van der Waals surface area contributed by atoms with Crippen molar-refractivity contribution < 1.29 is 32.5 Å². The number of aryl methyl sites for hydroxylation is 1. The lowest BCUT2D eigenvalue weighted by atomic mass is 10.2. The lowest BCUT2D eigenvalue weighted by molar-refractivity contribution is -0.303. The quantitative estimate of drug-likeness (QED) is 0.339. The second-order valence-corrected chi connectivity index (χ2v) is 8.75. The number of imidazole rings is 1. The Hall–Kier alpha value is -3.29. The van der Waals surface area contributed by atoms with E-state index in [9.17, 15) is 27.9 Å². The van der Waals surface area contributed by atoms with Crippen molar-refractivity contribution in [2.45, 2.75) is 46.3 Å². The minimum absolute atomic E-state index is 0.0285. The maximum absolute atomic E-state index is 13.4. The lowest BCUT2D eigenvalue weighted by Gasteiger charge is -2.14. The molecule has 0 amide bonds. The van der Waals surface area contributed by atoms with E-state index in [1.54, 1.807) is 26.0 Å². The number of aromatic nitrogens is 4. The minimum atomic E-state index is -4.94. The van der Waals surface area contributed by atoms with Crippen LogP contribution in [-0.4, -0.2) is 50.0 Å². The van der Waals surface area contributed by atoms with Gasteiger partial charge in [0.25, 0.3) is 5.56 Å². The summed E-state index contributed by atoms with van der Waals surface area (Å²) < 4.78 is 55.0. The Balaban J connectivity index is 2.71. The van der Waals surface area contributed by atoms with E-state index >= 15 is 0 Å². The summed E-state index contributed by atoms with van der Waals surface area (Å²) in [5.74, 6) is -0.807. The van der Waals surface area contributed by atoms with Crippen LogP contribution in [-0.2, 0) is 29.6 Å². The van der Waals surface area contributed by atoms with Crippen LogP contribution in [0.2, 0.25) is 0 Å². The molecule has 0 saturated heterocycles. The number of ether oxygens (including phenoxy) is 3. The second-order valence-electron chi connectivity index (χ2n) is 8.16. The van der Waals surface area contributed by atoms with Crippen LogP contribution in [0, 0.1) is 0 Å². The summed E-state index contributed by atoms with van der Waals surface area (Å²) in [6.45, 7) is 7.55. The molecule has 2 aromatic rings. The Morgan fingerprint density at radius 3 is 2.43 bits per heavy atom. The first-order valence-electron chi connectivity index (χ1n) is 10.8. The predicted molar refractivity (Wildman–Crippen MR) is 131 cm³/mol. The van der Waals surface area contributed by atoms with Gasteiger partial charge in [0.2, 0.25) is 0 Å². The number of hydrogen-bond acceptors (Lipinski definition) is 7. The Morgan fingerprint density at radius 1 is 1.22 bits per heavy atom. The smallest absolute Gasteiger partial charge is 0.430 e. The van der Waals surface area contributed by atoms with Crippen LogP contribution in [0.15, 0.2) is 56.5 Å². The first-order valence-corrected chi connectivity index (χ1v) is 11.2. The molecule has 0 aliphatic rings. The molecule has 0 aliphatic heterocycles. The van der Waals surface area contributed by atoms with Crippen molar-refractivity contribution in [2.75, 3.05) is 13.7 Å². The van der Waals surface area contributed by atoms with Crippen LogP contribution in [0.3, 0.4) is 0 Å². The number of allylic oxidation sites excluding steroid dienone is 6. The highest BCUT2D eigenvalue weighted by molar-refractivity contribution is 6.29. The molecule has 14 heteroatoms. The maximum atomic E-state index is 13.4. The van der Waals surface area contributed by atoms with Gasteiger partial charge >= 0.3 is 18.1 Å². The van der Waals surface area contributed by atoms with Gasteiger partial charge in [0, 0.05) is 31.8 Å². The fraction of sp³-hybridized carbons (Fsp3) is 0.435. The number of fused-ring (bicyclic) bond motifs is 1. The van der Waals surface area contributed by atoms with Gasteiger partial charge in [-0.25, -0.2) is 4.79 Å². The molecule has 204 valence electrons. The third-order valence-corrected chi connectivity index (χ3v) is 4.94. The van der Waals surface area contributed by atoms with E-state index in [0.717, 1.165) is 15.2 Å². The Kier molecular flexibility index (Phi) is 9.95. The number of aliphatic hydroxyl groups excluding tert-OH is 1.